The van der Waals surface area contributed by atoms with E-state index in [1.54, 1.807) is 14.2 Å². The lowest BCUT2D eigenvalue weighted by atomic mass is 9.77. The number of phenolic OH excluding ortho intramolecular Hbond substituents is 1. The molecular formula is C23H32O3. The predicted molar refractivity (Wildman–Crippen MR) is 107 cm³/mol. The topological polar surface area (TPSA) is 38.7 Å². The molecule has 0 bridgehead atoms. The van der Waals surface area contributed by atoms with E-state index in [2.05, 4.69) is 53.7 Å². The fourth-order valence-corrected chi connectivity index (χ4v) is 3.19. The Kier molecular flexibility index (Phi) is 5.72. The summed E-state index contributed by atoms with van der Waals surface area (Å²) >= 11 is 0. The van der Waals surface area contributed by atoms with Gasteiger partial charge in [0.15, 0.2) is 0 Å². The third-order valence-corrected chi connectivity index (χ3v) is 4.71. The fourth-order valence-electron chi connectivity index (χ4n) is 3.19. The largest absolute Gasteiger partial charge is 0.507 e. The highest BCUT2D eigenvalue weighted by Gasteiger charge is 2.28. The molecule has 0 fully saturated rings. The van der Waals surface area contributed by atoms with Gasteiger partial charge in [0.1, 0.15) is 17.6 Å². The zero-order valence-corrected chi connectivity index (χ0v) is 17.3. The first kappa shape index (κ1) is 20.3. The molecule has 0 spiro atoms. The van der Waals surface area contributed by atoms with Gasteiger partial charge in [-0.25, -0.2) is 0 Å². The monoisotopic (exact) mass is 356 g/mol. The normalized spacial score (nSPS) is 13.5. The molecule has 0 saturated carbocycles. The van der Waals surface area contributed by atoms with E-state index in [0.717, 1.165) is 28.0 Å². The lowest BCUT2D eigenvalue weighted by Crippen LogP contribution is -2.19. The molecule has 0 amide bonds. The number of rotatable bonds is 4. The summed E-state index contributed by atoms with van der Waals surface area (Å²) in [6, 6.07) is 12.1. The number of ether oxygens (including phenoxy) is 2. The summed E-state index contributed by atoms with van der Waals surface area (Å²) in [5.74, 6) is 1.21. The zero-order chi connectivity index (χ0) is 19.7. The van der Waals surface area contributed by atoms with E-state index in [0.29, 0.717) is 5.75 Å². The van der Waals surface area contributed by atoms with Gasteiger partial charge >= 0.3 is 0 Å². The Morgan fingerprint density at radius 2 is 1.23 bits per heavy atom. The van der Waals surface area contributed by atoms with Crippen LogP contribution in [0.25, 0.3) is 0 Å². The van der Waals surface area contributed by atoms with Crippen molar-refractivity contribution in [1.29, 1.82) is 0 Å². The maximum absolute atomic E-state index is 10.9. The lowest BCUT2D eigenvalue weighted by Gasteiger charge is -2.29. The van der Waals surface area contributed by atoms with Gasteiger partial charge < -0.3 is 14.6 Å². The summed E-state index contributed by atoms with van der Waals surface area (Å²) in [7, 11) is 3.38. The van der Waals surface area contributed by atoms with Gasteiger partial charge in [0.2, 0.25) is 0 Å². The molecule has 2 aromatic carbocycles. The summed E-state index contributed by atoms with van der Waals surface area (Å²) in [6.45, 7) is 12.7. The van der Waals surface area contributed by atoms with Crippen LogP contribution in [0.15, 0.2) is 36.4 Å². The van der Waals surface area contributed by atoms with Crippen LogP contribution in [-0.4, -0.2) is 19.3 Å². The Labute approximate surface area is 158 Å². The second-order valence-electron chi connectivity index (χ2n) is 8.85. The van der Waals surface area contributed by atoms with Crippen molar-refractivity contribution in [2.24, 2.45) is 0 Å². The number of hydrogen-bond acceptors (Lipinski definition) is 3. The van der Waals surface area contributed by atoms with Gasteiger partial charge in [-0.1, -0.05) is 53.7 Å². The van der Waals surface area contributed by atoms with Gasteiger partial charge in [-0.3, -0.25) is 0 Å². The molecular weight excluding hydrogens is 324 g/mol. The Hall–Kier alpha value is -2.00. The van der Waals surface area contributed by atoms with Crippen molar-refractivity contribution in [3.05, 3.63) is 58.7 Å². The van der Waals surface area contributed by atoms with Gasteiger partial charge in [0, 0.05) is 7.11 Å². The smallest absolute Gasteiger partial charge is 0.123 e. The van der Waals surface area contributed by atoms with Crippen LogP contribution in [0.5, 0.6) is 11.5 Å². The molecule has 0 unspecified atom stereocenters. The maximum atomic E-state index is 10.9. The Bertz CT molecular complexity index is 711. The second-order valence-corrected chi connectivity index (χ2v) is 8.85. The summed E-state index contributed by atoms with van der Waals surface area (Å²) in [5.41, 5.74) is 3.64. The average molecular weight is 357 g/mol. The van der Waals surface area contributed by atoms with Gasteiger partial charge in [0.05, 0.1) is 7.11 Å². The lowest BCUT2D eigenvalue weighted by molar-refractivity contribution is 0.136. The van der Waals surface area contributed by atoms with Crippen LogP contribution in [-0.2, 0) is 15.6 Å². The van der Waals surface area contributed by atoms with Gasteiger partial charge in [0.25, 0.3) is 0 Å². The molecule has 0 radical (unpaired) electrons. The number of hydrogen-bond donors (Lipinski definition) is 1. The summed E-state index contributed by atoms with van der Waals surface area (Å²) in [4.78, 5) is 0. The highest BCUT2D eigenvalue weighted by atomic mass is 16.5. The average Bonchev–Trinajstić information content (AvgIpc) is 2.55. The molecule has 0 saturated heterocycles. The van der Waals surface area contributed by atoms with Crippen LogP contribution in [0.3, 0.4) is 0 Å². The maximum Gasteiger partial charge on any atom is 0.123 e. The molecule has 0 aromatic heterocycles. The van der Waals surface area contributed by atoms with E-state index < -0.39 is 0 Å². The van der Waals surface area contributed by atoms with Crippen molar-refractivity contribution < 1.29 is 14.6 Å². The van der Waals surface area contributed by atoms with Crippen LogP contribution < -0.4 is 4.74 Å². The van der Waals surface area contributed by atoms with E-state index in [1.807, 2.05) is 24.3 Å². The molecule has 2 rings (SSSR count). The van der Waals surface area contributed by atoms with Crippen molar-refractivity contribution in [1.82, 2.24) is 0 Å². The number of methoxy groups -OCH3 is 2. The number of aromatic hydroxyl groups is 1. The first-order valence-corrected chi connectivity index (χ1v) is 9.03. The molecule has 1 N–H and O–H groups in total. The van der Waals surface area contributed by atoms with Crippen molar-refractivity contribution in [3.8, 4) is 11.5 Å². The van der Waals surface area contributed by atoms with Crippen LogP contribution in [0.4, 0.5) is 0 Å². The van der Waals surface area contributed by atoms with E-state index in [1.165, 1.54) is 0 Å². The van der Waals surface area contributed by atoms with E-state index in [4.69, 9.17) is 9.47 Å². The van der Waals surface area contributed by atoms with Crippen LogP contribution in [0, 0.1) is 0 Å². The molecule has 1 atom stereocenters. The van der Waals surface area contributed by atoms with Crippen molar-refractivity contribution in [2.45, 2.75) is 58.5 Å². The highest BCUT2D eigenvalue weighted by molar-refractivity contribution is 5.51. The van der Waals surface area contributed by atoms with E-state index in [9.17, 15) is 5.11 Å². The van der Waals surface area contributed by atoms with Crippen molar-refractivity contribution in [3.63, 3.8) is 0 Å². The number of phenols is 1. The second kappa shape index (κ2) is 7.32. The molecule has 0 heterocycles. The molecule has 142 valence electrons. The minimum Gasteiger partial charge on any atom is -0.507 e. The summed E-state index contributed by atoms with van der Waals surface area (Å²) < 4.78 is 11.1. The Morgan fingerprint density at radius 1 is 0.769 bits per heavy atom. The first-order chi connectivity index (χ1) is 12.0. The predicted octanol–water partition coefficient (Wildman–Crippen LogP) is 5.73. The third-order valence-electron chi connectivity index (χ3n) is 4.71. The molecule has 0 aliphatic carbocycles. The zero-order valence-electron chi connectivity index (χ0n) is 17.3. The summed E-state index contributed by atoms with van der Waals surface area (Å²) in [6.07, 6.45) is -0.205. The van der Waals surface area contributed by atoms with E-state index in [-0.39, 0.29) is 16.9 Å². The standard InChI is InChI=1S/C23H32O3/c1-22(2,3)18-13-16(14-19(20(18)24)23(4,5)6)21(26-8)15-9-11-17(25-7)12-10-15/h9-14,21,24H,1-8H3/t21-/m0/s1. The highest BCUT2D eigenvalue weighted by Crippen LogP contribution is 2.42. The van der Waals surface area contributed by atoms with Crippen LogP contribution >= 0.6 is 0 Å². The van der Waals surface area contributed by atoms with Gasteiger partial charge in [-0.15, -0.1) is 0 Å². The Morgan fingerprint density at radius 3 is 1.58 bits per heavy atom. The molecule has 2 aromatic rings. The minimum absolute atomic E-state index is 0.168. The minimum atomic E-state index is -0.205. The van der Waals surface area contributed by atoms with Crippen molar-refractivity contribution in [2.75, 3.05) is 14.2 Å². The van der Waals surface area contributed by atoms with Gasteiger partial charge in [-0.2, -0.15) is 0 Å². The first-order valence-electron chi connectivity index (χ1n) is 9.03. The molecule has 0 aliphatic rings. The molecule has 3 heteroatoms. The Balaban J connectivity index is 2.65. The summed E-state index contributed by atoms with van der Waals surface area (Å²) in [5, 5.41) is 10.9. The molecule has 3 nitrogen and oxygen atoms in total. The quantitative estimate of drug-likeness (QED) is 0.760. The number of benzene rings is 2. The van der Waals surface area contributed by atoms with Gasteiger partial charge in [-0.05, 0) is 57.3 Å². The van der Waals surface area contributed by atoms with E-state index >= 15 is 0 Å². The van der Waals surface area contributed by atoms with Crippen molar-refractivity contribution >= 4 is 0 Å². The third kappa shape index (κ3) is 4.21. The van der Waals surface area contributed by atoms with Crippen LogP contribution in [0.1, 0.15) is 69.9 Å². The molecule has 26 heavy (non-hydrogen) atoms. The molecule has 0 aliphatic heterocycles. The van der Waals surface area contributed by atoms with Crippen LogP contribution in [0.2, 0.25) is 0 Å². The SMILES string of the molecule is COc1ccc([C@H](OC)c2cc(C(C)(C)C)c(O)c(C(C)(C)C)c2)cc1. The fraction of sp³-hybridized carbons (Fsp3) is 0.478.